The van der Waals surface area contributed by atoms with E-state index in [9.17, 15) is 9.59 Å². The zero-order valence-electron chi connectivity index (χ0n) is 14.1. The normalized spacial score (nSPS) is 11.9. The molecule has 0 spiro atoms. The molecule has 0 saturated carbocycles. The van der Waals surface area contributed by atoms with Crippen molar-refractivity contribution < 1.29 is 14.7 Å². The molecule has 0 radical (unpaired) electrons. The van der Waals surface area contributed by atoms with Crippen molar-refractivity contribution in [1.82, 2.24) is 5.32 Å². The van der Waals surface area contributed by atoms with E-state index >= 15 is 0 Å². The summed E-state index contributed by atoms with van der Waals surface area (Å²) in [5.74, 6) is -0.778. The van der Waals surface area contributed by atoms with Crippen LogP contribution >= 0.6 is 0 Å². The maximum atomic E-state index is 12.7. The lowest BCUT2D eigenvalue weighted by molar-refractivity contribution is -0.138. The second kappa shape index (κ2) is 8.41. The molecule has 2 rings (SSSR count). The molecular formula is C20H23NO3. The van der Waals surface area contributed by atoms with Crippen molar-refractivity contribution in [3.63, 3.8) is 0 Å². The van der Waals surface area contributed by atoms with Gasteiger partial charge >= 0.3 is 5.97 Å². The van der Waals surface area contributed by atoms with E-state index in [0.717, 1.165) is 22.3 Å². The Morgan fingerprint density at radius 2 is 1.79 bits per heavy atom. The van der Waals surface area contributed by atoms with Crippen molar-refractivity contribution in [2.45, 2.75) is 32.7 Å². The van der Waals surface area contributed by atoms with Gasteiger partial charge in [0.15, 0.2) is 5.78 Å². The van der Waals surface area contributed by atoms with Crippen LogP contribution in [0.3, 0.4) is 0 Å². The third-order valence-corrected chi connectivity index (χ3v) is 4.06. The Labute approximate surface area is 142 Å². The highest BCUT2D eigenvalue weighted by molar-refractivity contribution is 6.00. The third kappa shape index (κ3) is 4.77. The monoisotopic (exact) mass is 325 g/mol. The van der Waals surface area contributed by atoms with E-state index in [2.05, 4.69) is 5.32 Å². The van der Waals surface area contributed by atoms with Crippen LogP contribution in [0.4, 0.5) is 0 Å². The number of carbonyl (C=O) groups is 2. The Morgan fingerprint density at radius 3 is 2.46 bits per heavy atom. The molecule has 1 atom stereocenters. The number of rotatable bonds is 8. The molecule has 0 aliphatic carbocycles. The number of Topliss-reactive ketones (excluding diaryl/α,β-unsaturated/α-hetero) is 1. The van der Waals surface area contributed by atoms with Crippen molar-refractivity contribution in [3.8, 4) is 0 Å². The number of carboxylic acids is 1. The van der Waals surface area contributed by atoms with Crippen molar-refractivity contribution in [2.75, 3.05) is 6.54 Å². The van der Waals surface area contributed by atoms with Gasteiger partial charge in [-0.25, -0.2) is 0 Å². The van der Waals surface area contributed by atoms with Crippen molar-refractivity contribution >= 4 is 11.8 Å². The highest BCUT2D eigenvalue weighted by Gasteiger charge is 2.15. The van der Waals surface area contributed by atoms with Crippen molar-refractivity contribution in [3.05, 3.63) is 70.8 Å². The number of nitrogens with one attached hydrogen (secondary N) is 1. The van der Waals surface area contributed by atoms with Crippen LogP contribution in [0.15, 0.2) is 48.5 Å². The first-order valence-electron chi connectivity index (χ1n) is 8.11. The first kappa shape index (κ1) is 17.9. The quantitative estimate of drug-likeness (QED) is 0.732. The Hall–Kier alpha value is -2.46. The fraction of sp³-hybridized carbons (Fsp3) is 0.300. The summed E-state index contributed by atoms with van der Waals surface area (Å²) in [5, 5.41) is 11.9. The molecule has 0 heterocycles. The maximum absolute atomic E-state index is 12.7. The lowest BCUT2D eigenvalue weighted by Gasteiger charge is -2.14. The second-order valence-corrected chi connectivity index (χ2v) is 5.96. The van der Waals surface area contributed by atoms with E-state index in [1.165, 1.54) is 0 Å². The van der Waals surface area contributed by atoms with E-state index in [1.54, 1.807) is 6.92 Å². The first-order chi connectivity index (χ1) is 11.5. The van der Waals surface area contributed by atoms with Crippen LogP contribution in [0, 0.1) is 6.92 Å². The van der Waals surface area contributed by atoms with Crippen LogP contribution in [0.1, 0.15) is 34.0 Å². The predicted octanol–water partition coefficient (Wildman–Crippen LogP) is 3.03. The summed E-state index contributed by atoms with van der Waals surface area (Å²) >= 11 is 0. The second-order valence-electron chi connectivity index (χ2n) is 5.96. The topological polar surface area (TPSA) is 66.4 Å². The predicted molar refractivity (Wildman–Crippen MR) is 94.5 cm³/mol. The summed E-state index contributed by atoms with van der Waals surface area (Å²) in [7, 11) is 0. The number of aliphatic carboxylic acids is 1. The van der Waals surface area contributed by atoms with Gasteiger partial charge in [0.25, 0.3) is 0 Å². The van der Waals surface area contributed by atoms with E-state index in [1.807, 2.05) is 55.5 Å². The molecule has 4 heteroatoms. The summed E-state index contributed by atoms with van der Waals surface area (Å²) in [4.78, 5) is 23.6. The highest BCUT2D eigenvalue weighted by atomic mass is 16.4. The summed E-state index contributed by atoms with van der Waals surface area (Å²) in [6, 6.07) is 14.9. The molecule has 24 heavy (non-hydrogen) atoms. The van der Waals surface area contributed by atoms with Gasteiger partial charge in [-0.1, -0.05) is 48.5 Å². The number of carboxylic acid groups (broad SMARTS) is 1. The number of benzene rings is 2. The minimum absolute atomic E-state index is 0.0978. The fourth-order valence-electron chi connectivity index (χ4n) is 2.72. The molecule has 0 aliphatic rings. The standard InChI is InChI=1S/C20H23NO3/c1-14-7-6-10-17(11-12-21-15(2)20(23)24)19(14)18(22)13-16-8-4-3-5-9-16/h3-10,15,21H,11-13H2,1-2H3,(H,23,24)/t15-/m0/s1. The zero-order chi connectivity index (χ0) is 17.5. The van der Waals surface area contributed by atoms with Gasteiger partial charge in [0.2, 0.25) is 0 Å². The van der Waals surface area contributed by atoms with Crippen molar-refractivity contribution in [1.29, 1.82) is 0 Å². The molecule has 0 bridgehead atoms. The molecule has 2 aromatic rings. The average molecular weight is 325 g/mol. The van der Waals surface area contributed by atoms with Gasteiger partial charge < -0.3 is 10.4 Å². The van der Waals surface area contributed by atoms with Crippen LogP contribution in [0.5, 0.6) is 0 Å². The zero-order valence-corrected chi connectivity index (χ0v) is 14.1. The minimum atomic E-state index is -0.875. The van der Waals surface area contributed by atoms with Gasteiger partial charge in [0, 0.05) is 12.0 Å². The number of carbonyl (C=O) groups excluding carboxylic acids is 1. The number of aryl methyl sites for hydroxylation is 1. The maximum Gasteiger partial charge on any atom is 0.320 e. The summed E-state index contributed by atoms with van der Waals surface area (Å²) < 4.78 is 0. The van der Waals surface area contributed by atoms with Crippen LogP contribution in [0.2, 0.25) is 0 Å². The van der Waals surface area contributed by atoms with E-state index < -0.39 is 12.0 Å². The molecule has 0 aromatic heterocycles. The molecule has 0 aliphatic heterocycles. The van der Waals surface area contributed by atoms with Crippen LogP contribution < -0.4 is 5.32 Å². The molecule has 4 nitrogen and oxygen atoms in total. The summed E-state index contributed by atoms with van der Waals surface area (Å²) in [6.07, 6.45) is 0.993. The Bertz CT molecular complexity index is 710. The van der Waals surface area contributed by atoms with E-state index in [4.69, 9.17) is 5.11 Å². The molecule has 0 amide bonds. The van der Waals surface area contributed by atoms with Gasteiger partial charge in [0.1, 0.15) is 6.04 Å². The first-order valence-corrected chi connectivity index (χ1v) is 8.11. The summed E-state index contributed by atoms with van der Waals surface area (Å²) in [6.45, 7) is 4.07. The van der Waals surface area contributed by atoms with Crippen molar-refractivity contribution in [2.24, 2.45) is 0 Å². The Kier molecular flexibility index (Phi) is 6.27. The van der Waals surface area contributed by atoms with Gasteiger partial charge in [-0.3, -0.25) is 9.59 Å². The fourth-order valence-corrected chi connectivity index (χ4v) is 2.72. The largest absolute Gasteiger partial charge is 0.480 e. The smallest absolute Gasteiger partial charge is 0.320 e. The van der Waals surface area contributed by atoms with Gasteiger partial charge in [0.05, 0.1) is 0 Å². The number of hydrogen-bond acceptors (Lipinski definition) is 3. The number of ketones is 1. The molecule has 0 saturated heterocycles. The summed E-state index contributed by atoms with van der Waals surface area (Å²) in [5.41, 5.74) is 3.67. The molecule has 0 fully saturated rings. The molecule has 126 valence electrons. The lowest BCUT2D eigenvalue weighted by Crippen LogP contribution is -2.35. The van der Waals surface area contributed by atoms with E-state index in [0.29, 0.717) is 19.4 Å². The average Bonchev–Trinajstić information content (AvgIpc) is 2.55. The lowest BCUT2D eigenvalue weighted by atomic mass is 9.93. The Balaban J connectivity index is 2.11. The molecule has 2 N–H and O–H groups in total. The molecule has 2 aromatic carbocycles. The van der Waals surface area contributed by atoms with Gasteiger partial charge in [-0.05, 0) is 43.5 Å². The van der Waals surface area contributed by atoms with Crippen LogP contribution in [-0.2, 0) is 17.6 Å². The van der Waals surface area contributed by atoms with Crippen LogP contribution in [-0.4, -0.2) is 29.4 Å². The molecular weight excluding hydrogens is 302 g/mol. The SMILES string of the molecule is Cc1cccc(CCN[C@@H](C)C(=O)O)c1C(=O)Cc1ccccc1. The van der Waals surface area contributed by atoms with E-state index in [-0.39, 0.29) is 5.78 Å². The Morgan fingerprint density at radius 1 is 1.08 bits per heavy atom. The number of hydrogen-bond donors (Lipinski definition) is 2. The van der Waals surface area contributed by atoms with Crippen LogP contribution in [0.25, 0.3) is 0 Å². The molecule has 0 unspecified atom stereocenters. The minimum Gasteiger partial charge on any atom is -0.480 e. The third-order valence-electron chi connectivity index (χ3n) is 4.06. The highest BCUT2D eigenvalue weighted by Crippen LogP contribution is 2.18. The van der Waals surface area contributed by atoms with Gasteiger partial charge in [-0.2, -0.15) is 0 Å². The van der Waals surface area contributed by atoms with Gasteiger partial charge in [-0.15, -0.1) is 0 Å².